The molecule has 2 heterocycles. The van der Waals surface area contributed by atoms with Crippen LogP contribution < -0.4 is 10.5 Å². The van der Waals surface area contributed by atoms with Gasteiger partial charge in [-0.05, 0) is 67.8 Å². The summed E-state index contributed by atoms with van der Waals surface area (Å²) in [6.45, 7) is 5.58. The number of aromatic nitrogens is 1. The number of nitrogens with zero attached hydrogens (tertiary/aromatic N) is 1. The average Bonchev–Trinajstić information content (AvgIpc) is 3.29. The van der Waals surface area contributed by atoms with Crippen molar-refractivity contribution >= 4 is 28.9 Å². The van der Waals surface area contributed by atoms with Gasteiger partial charge in [0.15, 0.2) is 0 Å². The highest BCUT2D eigenvalue weighted by Crippen LogP contribution is 2.42. The van der Waals surface area contributed by atoms with Gasteiger partial charge in [0.25, 0.3) is 0 Å². The lowest BCUT2D eigenvalue weighted by Crippen LogP contribution is -2.54. The van der Waals surface area contributed by atoms with Crippen molar-refractivity contribution in [1.29, 1.82) is 0 Å². The molecule has 2 unspecified atom stereocenters. The van der Waals surface area contributed by atoms with Gasteiger partial charge in [0.2, 0.25) is 5.91 Å². The number of hydrogen-bond donors (Lipinski definition) is 3. The maximum Gasteiger partial charge on any atom is 0.411 e. The van der Waals surface area contributed by atoms with Gasteiger partial charge < -0.3 is 25.3 Å². The average molecular weight is 542 g/mol. The van der Waals surface area contributed by atoms with E-state index in [1.807, 2.05) is 36.4 Å². The summed E-state index contributed by atoms with van der Waals surface area (Å²) in [5.41, 5.74) is 9.52. The van der Waals surface area contributed by atoms with Crippen LogP contribution in [0.25, 0.3) is 10.9 Å². The molecule has 0 aliphatic carbocycles. The zero-order chi connectivity index (χ0) is 28.6. The van der Waals surface area contributed by atoms with Crippen molar-refractivity contribution in [2.45, 2.75) is 51.5 Å². The summed E-state index contributed by atoms with van der Waals surface area (Å²) in [4.78, 5) is 42.3. The van der Waals surface area contributed by atoms with E-state index in [2.05, 4.69) is 4.98 Å². The number of aromatic amines is 1. The molecule has 2 amide bonds. The molecule has 40 heavy (non-hydrogen) atoms. The van der Waals surface area contributed by atoms with Gasteiger partial charge >= 0.3 is 12.1 Å². The van der Waals surface area contributed by atoms with Crippen molar-refractivity contribution in [2.24, 2.45) is 5.73 Å². The maximum atomic E-state index is 13.6. The molecule has 0 spiro atoms. The zero-order valence-corrected chi connectivity index (χ0v) is 22.5. The summed E-state index contributed by atoms with van der Waals surface area (Å²) < 4.78 is 11.7. The molecule has 1 aromatic heterocycles. The predicted octanol–water partition coefficient (Wildman–Crippen LogP) is 5.18. The number of aromatic carboxylic acids is 1. The monoisotopic (exact) mass is 541 g/mol. The number of ether oxygens (including phenoxy) is 2. The number of nitrogens with two attached hydrogens (primary N) is 1. The van der Waals surface area contributed by atoms with Crippen molar-refractivity contribution in [2.75, 3.05) is 0 Å². The van der Waals surface area contributed by atoms with Gasteiger partial charge in [-0.1, -0.05) is 42.5 Å². The minimum absolute atomic E-state index is 0.209. The Kier molecular flexibility index (Phi) is 6.97. The lowest BCUT2D eigenvalue weighted by Gasteiger charge is -2.41. The first-order chi connectivity index (χ1) is 19.0. The second-order valence-electron chi connectivity index (χ2n) is 10.8. The first-order valence-corrected chi connectivity index (χ1v) is 13.0. The smallest absolute Gasteiger partial charge is 0.411 e. The van der Waals surface area contributed by atoms with E-state index in [1.165, 1.54) is 17.0 Å². The number of para-hydroxylation sites is 1. The third-order valence-electron chi connectivity index (χ3n) is 6.87. The number of primary amides is 1. The van der Waals surface area contributed by atoms with Gasteiger partial charge in [0, 0.05) is 23.0 Å². The van der Waals surface area contributed by atoms with E-state index < -0.39 is 35.7 Å². The summed E-state index contributed by atoms with van der Waals surface area (Å²) in [5.74, 6) is -1.00. The van der Waals surface area contributed by atoms with E-state index in [1.54, 1.807) is 45.0 Å². The van der Waals surface area contributed by atoms with E-state index >= 15 is 0 Å². The Morgan fingerprint density at radius 3 is 2.30 bits per heavy atom. The minimum Gasteiger partial charge on any atom is -0.489 e. The highest BCUT2D eigenvalue weighted by Gasteiger charge is 2.44. The van der Waals surface area contributed by atoms with Crippen LogP contribution in [0.3, 0.4) is 0 Å². The number of hydrogen-bond acceptors (Lipinski definition) is 5. The molecule has 1 aliphatic rings. The van der Waals surface area contributed by atoms with E-state index in [9.17, 15) is 14.4 Å². The molecule has 0 saturated heterocycles. The molecule has 206 valence electrons. The molecule has 4 aromatic rings. The lowest BCUT2D eigenvalue weighted by molar-refractivity contribution is -0.124. The van der Waals surface area contributed by atoms with Crippen LogP contribution in [-0.2, 0) is 22.6 Å². The Labute approximate surface area is 231 Å². The van der Waals surface area contributed by atoms with Crippen molar-refractivity contribution in [3.63, 3.8) is 0 Å². The quantitative estimate of drug-likeness (QED) is 0.308. The van der Waals surface area contributed by atoms with Gasteiger partial charge in [-0.2, -0.15) is 0 Å². The molecule has 0 fully saturated rings. The van der Waals surface area contributed by atoms with E-state index in [-0.39, 0.29) is 18.6 Å². The van der Waals surface area contributed by atoms with E-state index in [0.29, 0.717) is 5.75 Å². The second-order valence-corrected chi connectivity index (χ2v) is 10.8. The molecule has 2 atom stereocenters. The Morgan fingerprint density at radius 1 is 1.00 bits per heavy atom. The number of benzene rings is 3. The number of carboxylic acids is 1. The number of H-pyrrole nitrogens is 1. The van der Waals surface area contributed by atoms with Crippen LogP contribution >= 0.6 is 0 Å². The molecule has 0 radical (unpaired) electrons. The Hall–Kier alpha value is -4.79. The van der Waals surface area contributed by atoms with Crippen LogP contribution in [-0.4, -0.2) is 44.6 Å². The van der Waals surface area contributed by atoms with Crippen molar-refractivity contribution in [3.05, 3.63) is 101 Å². The molecule has 1 aliphatic heterocycles. The Bertz CT molecular complexity index is 1570. The number of carboxylic acid groups (broad SMARTS) is 1. The molecule has 4 N–H and O–H groups in total. The largest absolute Gasteiger partial charge is 0.489 e. The fraction of sp³-hybridized carbons (Fsp3) is 0.258. The highest BCUT2D eigenvalue weighted by molar-refractivity contribution is 5.91. The molecule has 0 saturated carbocycles. The first kappa shape index (κ1) is 26.8. The topological polar surface area (TPSA) is 135 Å². The van der Waals surface area contributed by atoms with Gasteiger partial charge in [-0.15, -0.1) is 0 Å². The van der Waals surface area contributed by atoms with Gasteiger partial charge in [0.05, 0.1) is 5.56 Å². The molecule has 9 heteroatoms. The molecular formula is C31H31N3O6. The van der Waals surface area contributed by atoms with Crippen LogP contribution in [0.15, 0.2) is 72.8 Å². The van der Waals surface area contributed by atoms with Gasteiger partial charge in [-0.25, -0.2) is 9.59 Å². The fourth-order valence-electron chi connectivity index (χ4n) is 5.05. The Morgan fingerprint density at radius 2 is 1.68 bits per heavy atom. The summed E-state index contributed by atoms with van der Waals surface area (Å²) in [6, 6.07) is 20.0. The standard InChI is InChI=1S/C31H31N3O6/c1-31(2,3)40-30(38)34-25(28(32)35)16-23-22-6-4-5-7-24(22)33-26(23)27(34)19-12-14-21(15-13-19)39-17-18-8-10-20(11-9-18)29(36)37/h4-15,25,27,33H,16-17H2,1-3H3,(H2,32,35)(H,36,37). The van der Waals surface area contributed by atoms with Gasteiger partial charge in [0.1, 0.15) is 30.0 Å². The number of carbonyl (C=O) groups excluding carboxylic acids is 2. The van der Waals surface area contributed by atoms with Crippen LogP contribution in [0.1, 0.15) is 59.6 Å². The van der Waals surface area contributed by atoms with Crippen molar-refractivity contribution in [3.8, 4) is 5.75 Å². The molecule has 9 nitrogen and oxygen atoms in total. The predicted molar refractivity (Wildman–Crippen MR) is 149 cm³/mol. The fourth-order valence-corrected chi connectivity index (χ4v) is 5.05. The van der Waals surface area contributed by atoms with Crippen LogP contribution in [0.4, 0.5) is 4.79 Å². The normalized spacial score (nSPS) is 16.8. The van der Waals surface area contributed by atoms with Crippen molar-refractivity contribution < 1.29 is 29.0 Å². The number of carbonyl (C=O) groups is 3. The first-order valence-electron chi connectivity index (χ1n) is 13.0. The summed E-state index contributed by atoms with van der Waals surface area (Å²) in [6.07, 6.45) is -0.359. The summed E-state index contributed by atoms with van der Waals surface area (Å²) in [5, 5.41) is 10.1. The van der Waals surface area contributed by atoms with Gasteiger partial charge in [-0.3, -0.25) is 9.69 Å². The minimum atomic E-state index is -0.983. The number of amides is 2. The SMILES string of the molecule is CC(C)(C)OC(=O)N1C(C(N)=O)Cc2c([nH]c3ccccc23)C1c1ccc(OCc2ccc(C(=O)O)cc2)cc1. The molecule has 3 aromatic carbocycles. The summed E-state index contributed by atoms with van der Waals surface area (Å²) >= 11 is 0. The maximum absolute atomic E-state index is 13.6. The van der Waals surface area contributed by atoms with Crippen LogP contribution in [0, 0.1) is 0 Å². The van der Waals surface area contributed by atoms with Crippen molar-refractivity contribution in [1.82, 2.24) is 9.88 Å². The van der Waals surface area contributed by atoms with Crippen LogP contribution in [0.2, 0.25) is 0 Å². The third kappa shape index (κ3) is 5.36. The molecule has 5 rings (SSSR count). The van der Waals surface area contributed by atoms with E-state index in [4.69, 9.17) is 20.3 Å². The number of nitrogens with one attached hydrogen (secondary N) is 1. The Balaban J connectivity index is 1.49. The molecule has 0 bridgehead atoms. The zero-order valence-electron chi connectivity index (χ0n) is 22.5. The van der Waals surface area contributed by atoms with Crippen LogP contribution in [0.5, 0.6) is 5.75 Å². The number of fused-ring (bicyclic) bond motifs is 3. The second kappa shape index (κ2) is 10.4. The molecular weight excluding hydrogens is 510 g/mol. The third-order valence-corrected chi connectivity index (χ3v) is 6.87. The summed E-state index contributed by atoms with van der Waals surface area (Å²) in [7, 11) is 0. The number of rotatable bonds is 6. The van der Waals surface area contributed by atoms with E-state index in [0.717, 1.165) is 33.3 Å². The lowest BCUT2D eigenvalue weighted by atomic mass is 9.88. The highest BCUT2D eigenvalue weighted by atomic mass is 16.6.